The first-order valence-electron chi connectivity index (χ1n) is 8.46. The van der Waals surface area contributed by atoms with Gasteiger partial charge in [0.15, 0.2) is 10.9 Å². The van der Waals surface area contributed by atoms with E-state index in [0.29, 0.717) is 0 Å². The summed E-state index contributed by atoms with van der Waals surface area (Å²) in [5, 5.41) is 22.2. The van der Waals surface area contributed by atoms with Crippen molar-refractivity contribution in [3.8, 4) is 22.6 Å². The van der Waals surface area contributed by atoms with E-state index in [1.54, 1.807) is 18.1 Å². The lowest BCUT2D eigenvalue weighted by Gasteiger charge is -2.03. The molecule has 0 amide bonds. The topological polar surface area (TPSA) is 77.0 Å². The maximum Gasteiger partial charge on any atom is 0.191 e. The molecule has 136 valence electrons. The van der Waals surface area contributed by atoms with Crippen molar-refractivity contribution >= 4 is 11.8 Å². The first kappa shape index (κ1) is 17.5. The minimum atomic E-state index is 0.0312. The van der Waals surface area contributed by atoms with Crippen LogP contribution in [0.5, 0.6) is 0 Å². The van der Waals surface area contributed by atoms with Crippen LogP contribution in [-0.2, 0) is 19.4 Å². The zero-order chi connectivity index (χ0) is 18.6. The molecule has 0 radical (unpaired) electrons. The fourth-order valence-electron chi connectivity index (χ4n) is 2.69. The molecule has 6 nitrogen and oxygen atoms in total. The lowest BCUT2D eigenvalue weighted by atomic mass is 10.1. The molecule has 0 spiro atoms. The SMILES string of the molecule is Cn1cnnc1SCc1cccc(-c2cc(-c3ccc(CO)cc3)no2)c1. The van der Waals surface area contributed by atoms with Gasteiger partial charge in [-0.25, -0.2) is 0 Å². The second-order valence-electron chi connectivity index (χ2n) is 6.14. The number of rotatable bonds is 6. The Bertz CT molecular complexity index is 1040. The van der Waals surface area contributed by atoms with E-state index in [1.807, 2.05) is 54.1 Å². The Labute approximate surface area is 160 Å². The van der Waals surface area contributed by atoms with Gasteiger partial charge in [-0.3, -0.25) is 0 Å². The summed E-state index contributed by atoms with van der Waals surface area (Å²) in [6.07, 6.45) is 1.70. The molecular weight excluding hydrogens is 360 g/mol. The van der Waals surface area contributed by atoms with Crippen LogP contribution in [0.25, 0.3) is 22.6 Å². The minimum absolute atomic E-state index is 0.0312. The molecule has 1 N–H and O–H groups in total. The average molecular weight is 378 g/mol. The Morgan fingerprint density at radius 3 is 2.63 bits per heavy atom. The van der Waals surface area contributed by atoms with Gasteiger partial charge in [0.05, 0.1) is 6.61 Å². The monoisotopic (exact) mass is 378 g/mol. The van der Waals surface area contributed by atoms with Crippen LogP contribution in [0.4, 0.5) is 0 Å². The molecule has 0 aliphatic heterocycles. The van der Waals surface area contributed by atoms with Crippen LogP contribution in [0.15, 0.2) is 70.6 Å². The van der Waals surface area contributed by atoms with Gasteiger partial charge in [-0.2, -0.15) is 0 Å². The summed E-state index contributed by atoms with van der Waals surface area (Å²) in [6, 6.07) is 17.8. The smallest absolute Gasteiger partial charge is 0.191 e. The van der Waals surface area contributed by atoms with Crippen LogP contribution in [0.1, 0.15) is 11.1 Å². The van der Waals surface area contributed by atoms with Crippen molar-refractivity contribution in [1.82, 2.24) is 19.9 Å². The highest BCUT2D eigenvalue weighted by atomic mass is 32.2. The number of thioether (sulfide) groups is 1. The molecule has 0 saturated carbocycles. The Balaban J connectivity index is 1.51. The predicted octanol–water partition coefficient (Wildman–Crippen LogP) is 3.92. The van der Waals surface area contributed by atoms with E-state index in [4.69, 9.17) is 9.63 Å². The predicted molar refractivity (Wildman–Crippen MR) is 104 cm³/mol. The summed E-state index contributed by atoms with van der Waals surface area (Å²) in [7, 11) is 1.93. The number of hydrogen-bond donors (Lipinski definition) is 1. The third-order valence-corrected chi connectivity index (χ3v) is 5.30. The van der Waals surface area contributed by atoms with Crippen LogP contribution in [0.3, 0.4) is 0 Å². The molecule has 7 heteroatoms. The van der Waals surface area contributed by atoms with Crippen molar-refractivity contribution in [2.45, 2.75) is 17.5 Å². The Morgan fingerprint density at radius 1 is 1.04 bits per heavy atom. The second kappa shape index (κ2) is 7.77. The van der Waals surface area contributed by atoms with Crippen molar-refractivity contribution in [1.29, 1.82) is 0 Å². The summed E-state index contributed by atoms with van der Waals surface area (Å²) >= 11 is 1.64. The van der Waals surface area contributed by atoms with Crippen molar-refractivity contribution < 1.29 is 9.63 Å². The third kappa shape index (κ3) is 3.94. The highest BCUT2D eigenvalue weighted by Gasteiger charge is 2.10. The standard InChI is InChI=1S/C20H18N4O2S/c1-24-13-21-22-20(24)27-12-15-3-2-4-17(9-15)19-10-18(23-26-19)16-7-5-14(11-25)6-8-16/h2-10,13,25H,11-12H2,1H3. The molecule has 0 unspecified atom stereocenters. The molecular formula is C20H18N4O2S. The number of benzene rings is 2. The molecule has 0 saturated heterocycles. The van der Waals surface area contributed by atoms with E-state index in [-0.39, 0.29) is 6.61 Å². The number of hydrogen-bond acceptors (Lipinski definition) is 6. The van der Waals surface area contributed by atoms with Crippen LogP contribution in [-0.4, -0.2) is 25.0 Å². The van der Waals surface area contributed by atoms with E-state index < -0.39 is 0 Å². The second-order valence-corrected chi connectivity index (χ2v) is 7.09. The normalized spacial score (nSPS) is 11.0. The molecule has 0 aliphatic carbocycles. The molecule has 0 atom stereocenters. The maximum absolute atomic E-state index is 9.15. The van der Waals surface area contributed by atoms with Gasteiger partial charge < -0.3 is 14.2 Å². The summed E-state index contributed by atoms with van der Waals surface area (Å²) in [5.74, 6) is 1.52. The Morgan fingerprint density at radius 2 is 1.89 bits per heavy atom. The highest BCUT2D eigenvalue weighted by Crippen LogP contribution is 2.28. The fraction of sp³-hybridized carbons (Fsp3) is 0.150. The summed E-state index contributed by atoms with van der Waals surface area (Å²) in [5.41, 5.74) is 4.75. The summed E-state index contributed by atoms with van der Waals surface area (Å²) in [4.78, 5) is 0. The largest absolute Gasteiger partial charge is 0.392 e. The van der Waals surface area contributed by atoms with Crippen molar-refractivity contribution in [3.05, 3.63) is 72.1 Å². The van der Waals surface area contributed by atoms with Crippen molar-refractivity contribution in [3.63, 3.8) is 0 Å². The Hall–Kier alpha value is -2.90. The van der Waals surface area contributed by atoms with Crippen molar-refractivity contribution in [2.75, 3.05) is 0 Å². The number of aromatic nitrogens is 4. The first-order chi connectivity index (χ1) is 13.2. The number of aryl methyl sites for hydroxylation is 1. The molecule has 4 rings (SSSR count). The van der Waals surface area contributed by atoms with Crippen LogP contribution < -0.4 is 0 Å². The van der Waals surface area contributed by atoms with Crippen LogP contribution in [0, 0.1) is 0 Å². The number of aliphatic hydroxyl groups is 1. The van der Waals surface area contributed by atoms with Crippen LogP contribution in [0.2, 0.25) is 0 Å². The maximum atomic E-state index is 9.15. The van der Waals surface area contributed by atoms with Gasteiger partial charge in [-0.1, -0.05) is 59.4 Å². The van der Waals surface area contributed by atoms with Gasteiger partial charge in [0.25, 0.3) is 0 Å². The number of nitrogens with zero attached hydrogens (tertiary/aromatic N) is 4. The molecule has 0 bridgehead atoms. The molecule has 2 aromatic heterocycles. The molecule has 2 heterocycles. The number of aliphatic hydroxyl groups excluding tert-OH is 1. The zero-order valence-corrected chi connectivity index (χ0v) is 15.6. The lowest BCUT2D eigenvalue weighted by Crippen LogP contribution is -1.90. The molecule has 0 aliphatic rings. The van der Waals surface area contributed by atoms with Gasteiger partial charge in [0, 0.05) is 30.0 Å². The van der Waals surface area contributed by atoms with Crippen molar-refractivity contribution in [2.24, 2.45) is 7.05 Å². The van der Waals surface area contributed by atoms with E-state index in [9.17, 15) is 0 Å². The quantitative estimate of drug-likeness (QED) is 0.513. The summed E-state index contributed by atoms with van der Waals surface area (Å²) < 4.78 is 7.46. The van der Waals surface area contributed by atoms with E-state index >= 15 is 0 Å². The highest BCUT2D eigenvalue weighted by molar-refractivity contribution is 7.98. The van der Waals surface area contributed by atoms with Gasteiger partial charge >= 0.3 is 0 Å². The average Bonchev–Trinajstić information content (AvgIpc) is 3.36. The summed E-state index contributed by atoms with van der Waals surface area (Å²) in [6.45, 7) is 0.0312. The first-order valence-corrected chi connectivity index (χ1v) is 9.44. The Kier molecular flexibility index (Phi) is 5.04. The van der Waals surface area contributed by atoms with E-state index in [0.717, 1.165) is 39.1 Å². The van der Waals surface area contributed by atoms with E-state index in [2.05, 4.69) is 27.5 Å². The third-order valence-electron chi connectivity index (χ3n) is 4.19. The van der Waals surface area contributed by atoms with Gasteiger partial charge in [0.1, 0.15) is 12.0 Å². The minimum Gasteiger partial charge on any atom is -0.392 e. The fourth-order valence-corrected chi connectivity index (χ4v) is 3.52. The van der Waals surface area contributed by atoms with Gasteiger partial charge in [-0.15, -0.1) is 10.2 Å². The molecule has 0 fully saturated rings. The van der Waals surface area contributed by atoms with Gasteiger partial charge in [-0.05, 0) is 17.2 Å². The molecule has 4 aromatic rings. The molecule has 27 heavy (non-hydrogen) atoms. The van der Waals surface area contributed by atoms with E-state index in [1.165, 1.54) is 5.56 Å². The zero-order valence-electron chi connectivity index (χ0n) is 14.7. The van der Waals surface area contributed by atoms with Gasteiger partial charge in [0.2, 0.25) is 0 Å². The van der Waals surface area contributed by atoms with Crippen LogP contribution >= 0.6 is 11.8 Å². The molecule has 2 aromatic carbocycles. The lowest BCUT2D eigenvalue weighted by molar-refractivity contribution is 0.282.